The molecule has 0 radical (unpaired) electrons. The SMILES string of the molecule is CCCOc1ccc(C=C2C(=O)N(C)C(=O)N(C)C2=O)cc1. The van der Waals surface area contributed by atoms with E-state index in [4.69, 9.17) is 4.74 Å². The lowest BCUT2D eigenvalue weighted by atomic mass is 10.1. The van der Waals surface area contributed by atoms with Crippen LogP contribution in [-0.4, -0.2) is 48.3 Å². The van der Waals surface area contributed by atoms with Crippen LogP contribution in [-0.2, 0) is 9.59 Å². The lowest BCUT2D eigenvalue weighted by Crippen LogP contribution is -2.52. The molecule has 4 amide bonds. The van der Waals surface area contributed by atoms with Crippen LogP contribution in [0.1, 0.15) is 18.9 Å². The number of barbiturate groups is 1. The monoisotopic (exact) mass is 302 g/mol. The molecule has 0 N–H and O–H groups in total. The van der Waals surface area contributed by atoms with Crippen molar-refractivity contribution >= 4 is 23.9 Å². The summed E-state index contributed by atoms with van der Waals surface area (Å²) in [5.41, 5.74) is 0.656. The van der Waals surface area contributed by atoms with Gasteiger partial charge >= 0.3 is 6.03 Å². The maximum absolute atomic E-state index is 12.1. The minimum atomic E-state index is -0.629. The molecule has 0 spiro atoms. The lowest BCUT2D eigenvalue weighted by Gasteiger charge is -2.28. The molecule has 1 aliphatic heterocycles. The van der Waals surface area contributed by atoms with E-state index < -0.39 is 17.8 Å². The molecule has 1 aliphatic rings. The molecular formula is C16H18N2O4. The lowest BCUT2D eigenvalue weighted by molar-refractivity contribution is -0.134. The average molecular weight is 302 g/mol. The number of likely N-dealkylation sites (N-methyl/N-ethyl adjacent to an activating group) is 2. The number of benzene rings is 1. The number of nitrogens with zero attached hydrogens (tertiary/aromatic N) is 2. The number of hydrogen-bond donors (Lipinski definition) is 0. The third kappa shape index (κ3) is 3.00. The topological polar surface area (TPSA) is 66.9 Å². The zero-order valence-electron chi connectivity index (χ0n) is 12.8. The quantitative estimate of drug-likeness (QED) is 0.629. The minimum Gasteiger partial charge on any atom is -0.494 e. The van der Waals surface area contributed by atoms with Gasteiger partial charge in [0.25, 0.3) is 11.8 Å². The molecule has 0 aromatic heterocycles. The fourth-order valence-corrected chi connectivity index (χ4v) is 2.02. The Morgan fingerprint density at radius 3 is 2.05 bits per heavy atom. The van der Waals surface area contributed by atoms with Gasteiger partial charge in [0.2, 0.25) is 0 Å². The first-order valence-corrected chi connectivity index (χ1v) is 7.00. The normalized spacial score (nSPS) is 15.4. The van der Waals surface area contributed by atoms with E-state index in [1.807, 2.05) is 6.92 Å². The summed E-state index contributed by atoms with van der Waals surface area (Å²) in [7, 11) is 2.70. The average Bonchev–Trinajstić information content (AvgIpc) is 2.54. The highest BCUT2D eigenvalue weighted by Gasteiger charge is 2.37. The number of imide groups is 2. The summed E-state index contributed by atoms with van der Waals surface area (Å²) in [6.45, 7) is 2.66. The van der Waals surface area contributed by atoms with Gasteiger partial charge in [-0.15, -0.1) is 0 Å². The molecule has 2 rings (SSSR count). The van der Waals surface area contributed by atoms with Crippen LogP contribution in [0.2, 0.25) is 0 Å². The van der Waals surface area contributed by atoms with E-state index in [-0.39, 0.29) is 5.57 Å². The molecule has 0 bridgehead atoms. The summed E-state index contributed by atoms with van der Waals surface area (Å²) in [5, 5.41) is 0. The van der Waals surface area contributed by atoms with Crippen molar-refractivity contribution in [2.24, 2.45) is 0 Å². The van der Waals surface area contributed by atoms with E-state index in [0.717, 1.165) is 22.0 Å². The van der Waals surface area contributed by atoms with Crippen molar-refractivity contribution in [2.75, 3.05) is 20.7 Å². The standard InChI is InChI=1S/C16H18N2O4/c1-4-9-22-12-7-5-11(6-8-12)10-13-14(19)17(2)16(21)18(3)15(13)20/h5-8,10H,4,9H2,1-3H3. The second kappa shape index (κ2) is 6.43. The highest BCUT2D eigenvalue weighted by atomic mass is 16.5. The van der Waals surface area contributed by atoms with Crippen LogP contribution in [0.25, 0.3) is 6.08 Å². The second-order valence-corrected chi connectivity index (χ2v) is 4.99. The van der Waals surface area contributed by atoms with Gasteiger partial charge in [-0.2, -0.15) is 0 Å². The number of hydrogen-bond acceptors (Lipinski definition) is 4. The van der Waals surface area contributed by atoms with Crippen LogP contribution in [0.4, 0.5) is 4.79 Å². The van der Waals surface area contributed by atoms with Gasteiger partial charge in [-0.05, 0) is 30.2 Å². The molecule has 22 heavy (non-hydrogen) atoms. The van der Waals surface area contributed by atoms with E-state index in [1.54, 1.807) is 24.3 Å². The molecule has 1 fully saturated rings. The molecule has 1 heterocycles. The van der Waals surface area contributed by atoms with Gasteiger partial charge in [0, 0.05) is 14.1 Å². The third-order valence-electron chi connectivity index (χ3n) is 3.31. The molecule has 116 valence electrons. The first-order valence-electron chi connectivity index (χ1n) is 7.00. The number of carbonyl (C=O) groups is 3. The van der Waals surface area contributed by atoms with E-state index in [9.17, 15) is 14.4 Å². The predicted molar refractivity (Wildman–Crippen MR) is 81.1 cm³/mol. The van der Waals surface area contributed by atoms with Crippen LogP contribution < -0.4 is 4.74 Å². The largest absolute Gasteiger partial charge is 0.494 e. The summed E-state index contributed by atoms with van der Waals surface area (Å²) in [6.07, 6.45) is 2.40. The first kappa shape index (κ1) is 15.8. The number of amides is 4. The zero-order valence-corrected chi connectivity index (χ0v) is 12.8. The Morgan fingerprint density at radius 1 is 1.00 bits per heavy atom. The van der Waals surface area contributed by atoms with Crippen molar-refractivity contribution in [2.45, 2.75) is 13.3 Å². The van der Waals surface area contributed by atoms with Crippen molar-refractivity contribution in [3.63, 3.8) is 0 Å². The maximum Gasteiger partial charge on any atom is 0.333 e. The summed E-state index contributed by atoms with van der Waals surface area (Å²) in [6, 6.07) is 6.44. The Balaban J connectivity index is 2.25. The van der Waals surface area contributed by atoms with E-state index in [1.165, 1.54) is 20.2 Å². The Bertz CT molecular complexity index is 608. The van der Waals surface area contributed by atoms with E-state index >= 15 is 0 Å². The molecule has 0 unspecified atom stereocenters. The van der Waals surface area contributed by atoms with Gasteiger partial charge in [0.05, 0.1) is 6.61 Å². The molecule has 0 atom stereocenters. The molecule has 0 saturated carbocycles. The molecule has 1 saturated heterocycles. The van der Waals surface area contributed by atoms with Crippen LogP contribution in [0.3, 0.4) is 0 Å². The second-order valence-electron chi connectivity index (χ2n) is 4.99. The molecule has 1 aromatic carbocycles. The van der Waals surface area contributed by atoms with Crippen molar-refractivity contribution in [1.29, 1.82) is 0 Å². The zero-order chi connectivity index (χ0) is 16.3. The van der Waals surface area contributed by atoms with Crippen LogP contribution >= 0.6 is 0 Å². The van der Waals surface area contributed by atoms with Gasteiger partial charge in [0.15, 0.2) is 0 Å². The number of ether oxygens (including phenoxy) is 1. The smallest absolute Gasteiger partial charge is 0.333 e. The Kier molecular flexibility index (Phi) is 4.60. The predicted octanol–water partition coefficient (Wildman–Crippen LogP) is 1.91. The summed E-state index contributed by atoms with van der Waals surface area (Å²) >= 11 is 0. The highest BCUT2D eigenvalue weighted by Crippen LogP contribution is 2.19. The van der Waals surface area contributed by atoms with Gasteiger partial charge in [-0.3, -0.25) is 19.4 Å². The Morgan fingerprint density at radius 2 is 1.55 bits per heavy atom. The first-order chi connectivity index (χ1) is 10.5. The number of rotatable bonds is 4. The van der Waals surface area contributed by atoms with Crippen molar-refractivity contribution in [3.05, 3.63) is 35.4 Å². The van der Waals surface area contributed by atoms with Crippen LogP contribution in [0.15, 0.2) is 29.8 Å². The highest BCUT2D eigenvalue weighted by molar-refractivity contribution is 6.30. The van der Waals surface area contributed by atoms with Crippen LogP contribution in [0.5, 0.6) is 5.75 Å². The molecule has 1 aromatic rings. The van der Waals surface area contributed by atoms with Gasteiger partial charge in [-0.1, -0.05) is 19.1 Å². The third-order valence-corrected chi connectivity index (χ3v) is 3.31. The van der Waals surface area contributed by atoms with Gasteiger partial charge < -0.3 is 4.74 Å². The van der Waals surface area contributed by atoms with E-state index in [2.05, 4.69) is 0 Å². The molecule has 6 nitrogen and oxygen atoms in total. The summed E-state index contributed by atoms with van der Waals surface area (Å²) in [4.78, 5) is 37.6. The van der Waals surface area contributed by atoms with E-state index in [0.29, 0.717) is 12.2 Å². The van der Waals surface area contributed by atoms with Crippen molar-refractivity contribution in [3.8, 4) is 5.75 Å². The fraction of sp³-hybridized carbons (Fsp3) is 0.312. The van der Waals surface area contributed by atoms with Crippen LogP contribution in [0, 0.1) is 0 Å². The number of carbonyl (C=O) groups excluding carboxylic acids is 3. The summed E-state index contributed by atoms with van der Waals surface area (Å²) < 4.78 is 5.47. The van der Waals surface area contributed by atoms with Crippen molar-refractivity contribution < 1.29 is 19.1 Å². The molecule has 0 aliphatic carbocycles. The van der Waals surface area contributed by atoms with Gasteiger partial charge in [-0.25, -0.2) is 4.79 Å². The Labute approximate surface area is 129 Å². The van der Waals surface area contributed by atoms with Crippen molar-refractivity contribution in [1.82, 2.24) is 9.80 Å². The summed E-state index contributed by atoms with van der Waals surface area (Å²) in [5.74, 6) is -0.464. The fourth-order valence-electron chi connectivity index (χ4n) is 2.02. The maximum atomic E-state index is 12.1. The number of urea groups is 1. The molecule has 6 heteroatoms. The minimum absolute atomic E-state index is 0.0353. The Hall–Kier alpha value is -2.63. The molecular weight excluding hydrogens is 284 g/mol. The van der Waals surface area contributed by atoms with Gasteiger partial charge in [0.1, 0.15) is 11.3 Å².